The molecule has 2 aliphatic rings. The molecule has 1 saturated heterocycles. The number of nitrogens with one attached hydrogen (secondary N) is 2. The topological polar surface area (TPSA) is 79.6 Å². The van der Waals surface area contributed by atoms with Crippen molar-refractivity contribution in [2.24, 2.45) is 4.99 Å². The molecular formula is C22H34IN7O. The number of ether oxygens (including phenoxy) is 1. The Bertz CT molecular complexity index is 836. The first-order valence-corrected chi connectivity index (χ1v) is 10.9. The quantitative estimate of drug-likeness (QED) is 0.320. The zero-order valence-electron chi connectivity index (χ0n) is 18.5. The molecule has 9 heteroatoms. The highest BCUT2D eigenvalue weighted by molar-refractivity contribution is 14.0. The molecule has 0 amide bonds. The van der Waals surface area contributed by atoms with E-state index in [1.165, 1.54) is 18.4 Å². The molecule has 3 heterocycles. The van der Waals surface area contributed by atoms with Gasteiger partial charge in [-0.3, -0.25) is 9.89 Å². The van der Waals surface area contributed by atoms with E-state index in [1.807, 2.05) is 11.7 Å². The minimum atomic E-state index is 0. The molecule has 0 radical (unpaired) electrons. The maximum Gasteiger partial charge on any atom is 0.191 e. The third-order valence-electron chi connectivity index (χ3n) is 5.97. The number of aryl methyl sites for hydroxylation is 1. The van der Waals surface area contributed by atoms with Crippen LogP contribution in [-0.4, -0.2) is 65.5 Å². The van der Waals surface area contributed by atoms with Gasteiger partial charge in [0.1, 0.15) is 12.4 Å². The molecule has 170 valence electrons. The molecule has 0 spiro atoms. The Hall–Kier alpha value is -1.72. The van der Waals surface area contributed by atoms with Gasteiger partial charge in [-0.2, -0.15) is 5.10 Å². The highest BCUT2D eigenvalue weighted by Gasteiger charge is 2.25. The minimum absolute atomic E-state index is 0. The van der Waals surface area contributed by atoms with E-state index in [4.69, 9.17) is 4.74 Å². The third kappa shape index (κ3) is 6.17. The number of guanidine groups is 1. The van der Waals surface area contributed by atoms with Gasteiger partial charge in [-0.05, 0) is 37.9 Å². The Morgan fingerprint density at radius 3 is 2.74 bits per heavy atom. The summed E-state index contributed by atoms with van der Waals surface area (Å²) >= 11 is 0. The van der Waals surface area contributed by atoms with Crippen LogP contribution in [0.4, 0.5) is 0 Å². The maximum atomic E-state index is 5.16. The molecule has 2 N–H and O–H groups in total. The molecule has 2 aromatic rings. The normalized spacial score (nSPS) is 20.1. The predicted molar refractivity (Wildman–Crippen MR) is 133 cm³/mol. The number of nitrogens with zero attached hydrogens (tertiary/aromatic N) is 5. The van der Waals surface area contributed by atoms with Crippen LogP contribution < -0.4 is 10.6 Å². The van der Waals surface area contributed by atoms with Crippen LogP contribution in [0.3, 0.4) is 0 Å². The number of aromatic nitrogens is 3. The number of fused-ring (bicyclic) bond motifs is 1. The molecule has 2 atom stereocenters. The number of likely N-dealkylation sites (tertiary alicyclic amines) is 1. The van der Waals surface area contributed by atoms with E-state index >= 15 is 0 Å². The third-order valence-corrected chi connectivity index (χ3v) is 5.97. The number of aliphatic imine (C=N–C) groups is 1. The van der Waals surface area contributed by atoms with E-state index in [-0.39, 0.29) is 30.0 Å². The predicted octanol–water partition coefficient (Wildman–Crippen LogP) is 2.36. The van der Waals surface area contributed by atoms with E-state index < -0.39 is 0 Å². The maximum absolute atomic E-state index is 5.16. The van der Waals surface area contributed by atoms with Crippen molar-refractivity contribution in [1.82, 2.24) is 30.3 Å². The fourth-order valence-electron chi connectivity index (χ4n) is 4.44. The average Bonchev–Trinajstić information content (AvgIpc) is 3.43. The van der Waals surface area contributed by atoms with Crippen molar-refractivity contribution in [3.05, 3.63) is 47.5 Å². The van der Waals surface area contributed by atoms with Crippen molar-refractivity contribution in [3.8, 4) is 0 Å². The van der Waals surface area contributed by atoms with Crippen molar-refractivity contribution in [1.29, 1.82) is 0 Å². The molecule has 2 unspecified atom stereocenters. The van der Waals surface area contributed by atoms with Crippen LogP contribution in [-0.2, 0) is 24.3 Å². The first kappa shape index (κ1) is 23.9. The Balaban J connectivity index is 0.00000272. The van der Waals surface area contributed by atoms with Crippen molar-refractivity contribution >= 4 is 29.9 Å². The van der Waals surface area contributed by atoms with Crippen molar-refractivity contribution in [2.45, 2.75) is 50.9 Å². The Kier molecular flexibility index (Phi) is 9.09. The lowest BCUT2D eigenvalue weighted by atomic mass is 10.1. The summed E-state index contributed by atoms with van der Waals surface area (Å²) in [6.07, 6.45) is 4.49. The summed E-state index contributed by atoms with van der Waals surface area (Å²) < 4.78 is 7.16. The standard InChI is InChI=1S/C22H33N7O.HI/c1-23-22(25-18-10-11-21-26-20(16-30-2)27-29(21)15-18)24-14-19(28-12-6-7-13-28)17-8-4-3-5-9-17;/h3-5,8-9,18-19H,6-7,10-16H2,1-2H3,(H2,23,24,25);1H. The van der Waals surface area contributed by atoms with Crippen LogP contribution >= 0.6 is 24.0 Å². The molecule has 0 saturated carbocycles. The van der Waals surface area contributed by atoms with Gasteiger partial charge in [0.15, 0.2) is 11.8 Å². The number of methoxy groups -OCH3 is 1. The van der Waals surface area contributed by atoms with Gasteiger partial charge in [-0.1, -0.05) is 30.3 Å². The van der Waals surface area contributed by atoms with Crippen molar-refractivity contribution in [2.75, 3.05) is 33.8 Å². The molecule has 0 bridgehead atoms. The number of hydrogen-bond donors (Lipinski definition) is 2. The Morgan fingerprint density at radius 1 is 1.26 bits per heavy atom. The van der Waals surface area contributed by atoms with Gasteiger partial charge in [0.25, 0.3) is 0 Å². The zero-order chi connectivity index (χ0) is 20.8. The van der Waals surface area contributed by atoms with Gasteiger partial charge in [-0.15, -0.1) is 24.0 Å². The molecule has 8 nitrogen and oxygen atoms in total. The monoisotopic (exact) mass is 539 g/mol. The summed E-state index contributed by atoms with van der Waals surface area (Å²) in [6.45, 7) is 4.41. The van der Waals surface area contributed by atoms with Crippen molar-refractivity contribution in [3.63, 3.8) is 0 Å². The second-order valence-electron chi connectivity index (χ2n) is 8.06. The summed E-state index contributed by atoms with van der Waals surface area (Å²) in [7, 11) is 3.51. The number of rotatable bonds is 7. The molecule has 31 heavy (non-hydrogen) atoms. The van der Waals surface area contributed by atoms with E-state index in [2.05, 4.69) is 60.9 Å². The van der Waals surface area contributed by atoms with Crippen LogP contribution in [0.1, 0.15) is 42.5 Å². The van der Waals surface area contributed by atoms with Gasteiger partial charge in [0, 0.05) is 33.2 Å². The van der Waals surface area contributed by atoms with Crippen LogP contribution in [0.25, 0.3) is 0 Å². The molecule has 1 fully saturated rings. The SMILES string of the molecule is CN=C(NCC(c1ccccc1)N1CCCC1)NC1CCc2nc(COC)nn2C1.I. The van der Waals surface area contributed by atoms with E-state index in [0.29, 0.717) is 12.6 Å². The number of benzene rings is 1. The summed E-state index contributed by atoms with van der Waals surface area (Å²) in [5.74, 6) is 2.65. The summed E-state index contributed by atoms with van der Waals surface area (Å²) in [5, 5.41) is 11.7. The van der Waals surface area contributed by atoms with E-state index in [0.717, 1.165) is 56.6 Å². The lowest BCUT2D eigenvalue weighted by Crippen LogP contribution is -2.49. The first-order valence-electron chi connectivity index (χ1n) is 10.9. The number of hydrogen-bond acceptors (Lipinski definition) is 5. The molecule has 1 aromatic carbocycles. The molecule has 0 aliphatic carbocycles. The number of halogens is 1. The van der Waals surface area contributed by atoms with Crippen LogP contribution in [0.15, 0.2) is 35.3 Å². The van der Waals surface area contributed by atoms with Gasteiger partial charge in [0.2, 0.25) is 0 Å². The lowest BCUT2D eigenvalue weighted by molar-refractivity contribution is 0.177. The minimum Gasteiger partial charge on any atom is -0.377 e. The van der Waals surface area contributed by atoms with Gasteiger partial charge in [0.05, 0.1) is 12.6 Å². The summed E-state index contributed by atoms with van der Waals surface area (Å²) in [6, 6.07) is 11.4. The first-order chi connectivity index (χ1) is 14.8. The highest BCUT2D eigenvalue weighted by Crippen LogP contribution is 2.24. The largest absolute Gasteiger partial charge is 0.377 e. The molecular weight excluding hydrogens is 505 g/mol. The molecule has 2 aliphatic heterocycles. The van der Waals surface area contributed by atoms with E-state index in [1.54, 1.807) is 7.11 Å². The molecule has 1 aromatic heterocycles. The summed E-state index contributed by atoms with van der Waals surface area (Å²) in [4.78, 5) is 11.6. The van der Waals surface area contributed by atoms with Gasteiger partial charge in [-0.25, -0.2) is 9.67 Å². The summed E-state index contributed by atoms with van der Waals surface area (Å²) in [5.41, 5.74) is 1.36. The Morgan fingerprint density at radius 2 is 2.03 bits per heavy atom. The van der Waals surface area contributed by atoms with Crippen LogP contribution in [0, 0.1) is 0 Å². The van der Waals surface area contributed by atoms with E-state index in [9.17, 15) is 0 Å². The second kappa shape index (κ2) is 11.8. The van der Waals surface area contributed by atoms with Crippen molar-refractivity contribution < 1.29 is 4.74 Å². The second-order valence-corrected chi connectivity index (χ2v) is 8.06. The molecule has 4 rings (SSSR count). The van der Waals surface area contributed by atoms with Crippen LogP contribution in [0.2, 0.25) is 0 Å². The lowest BCUT2D eigenvalue weighted by Gasteiger charge is -2.30. The fraction of sp³-hybridized carbons (Fsp3) is 0.591. The van der Waals surface area contributed by atoms with Crippen LogP contribution in [0.5, 0.6) is 0 Å². The Labute approximate surface area is 201 Å². The van der Waals surface area contributed by atoms with Gasteiger partial charge < -0.3 is 15.4 Å². The average molecular weight is 539 g/mol. The highest BCUT2D eigenvalue weighted by atomic mass is 127. The zero-order valence-corrected chi connectivity index (χ0v) is 20.8. The smallest absolute Gasteiger partial charge is 0.191 e. The fourth-order valence-corrected chi connectivity index (χ4v) is 4.44. The van der Waals surface area contributed by atoms with Gasteiger partial charge >= 0.3 is 0 Å².